The third-order valence-electron chi connectivity index (χ3n) is 2.95. The van der Waals surface area contributed by atoms with Gasteiger partial charge in [0.05, 0.1) is 12.6 Å². The number of hydrogen-bond acceptors (Lipinski definition) is 3. The smallest absolute Gasteiger partial charge is 0.287 e. The maximum atomic E-state index is 11.9. The average molecular weight is 247 g/mol. The molecule has 0 saturated carbocycles. The third-order valence-corrected chi connectivity index (χ3v) is 2.95. The van der Waals surface area contributed by atoms with E-state index in [1.807, 2.05) is 32.0 Å². The van der Waals surface area contributed by atoms with Crippen LogP contribution in [0.1, 0.15) is 29.5 Å². The molecule has 0 spiro atoms. The van der Waals surface area contributed by atoms with E-state index in [-0.39, 0.29) is 24.3 Å². The van der Waals surface area contributed by atoms with Gasteiger partial charge in [-0.05, 0) is 31.0 Å². The molecule has 0 fully saturated rings. The summed E-state index contributed by atoms with van der Waals surface area (Å²) in [5, 5.41) is 12.7. The van der Waals surface area contributed by atoms with Crippen molar-refractivity contribution in [3.8, 4) is 0 Å². The Morgan fingerprint density at radius 1 is 1.44 bits per heavy atom. The van der Waals surface area contributed by atoms with E-state index in [1.54, 1.807) is 6.07 Å². The summed E-state index contributed by atoms with van der Waals surface area (Å²) in [6, 6.07) is 7.28. The van der Waals surface area contributed by atoms with Crippen molar-refractivity contribution in [2.75, 3.05) is 6.61 Å². The summed E-state index contributed by atoms with van der Waals surface area (Å²) in [4.78, 5) is 11.9. The van der Waals surface area contributed by atoms with Gasteiger partial charge in [-0.1, -0.05) is 19.1 Å². The molecule has 2 N–H and O–H groups in total. The molecular weight excluding hydrogens is 230 g/mol. The summed E-state index contributed by atoms with van der Waals surface area (Å²) in [5.74, 6) is -0.00717. The number of nitrogens with one attached hydrogen (secondary N) is 1. The first-order chi connectivity index (χ1) is 8.63. The van der Waals surface area contributed by atoms with Crippen molar-refractivity contribution in [2.24, 2.45) is 0 Å². The van der Waals surface area contributed by atoms with Crippen LogP contribution >= 0.6 is 0 Å². The van der Waals surface area contributed by atoms with Crippen molar-refractivity contribution >= 4 is 16.9 Å². The Balaban J connectivity index is 2.23. The number of carbonyl (C=O) groups excluding carboxylic acids is 1. The van der Waals surface area contributed by atoms with E-state index in [0.29, 0.717) is 12.0 Å². The number of hydrogen-bond donors (Lipinski definition) is 2. The van der Waals surface area contributed by atoms with E-state index in [9.17, 15) is 4.79 Å². The molecule has 1 amide bonds. The van der Waals surface area contributed by atoms with Crippen LogP contribution in [-0.2, 0) is 0 Å². The molecule has 0 saturated heterocycles. The number of benzene rings is 1. The lowest BCUT2D eigenvalue weighted by molar-refractivity contribution is 0.0889. The molecule has 4 heteroatoms. The summed E-state index contributed by atoms with van der Waals surface area (Å²) in [6.07, 6.45) is 0.682. The topological polar surface area (TPSA) is 62.5 Å². The Kier molecular flexibility index (Phi) is 3.67. The minimum atomic E-state index is -0.287. The first kappa shape index (κ1) is 12.6. The minimum absolute atomic E-state index is 0.0679. The summed E-state index contributed by atoms with van der Waals surface area (Å²) < 4.78 is 5.51. The molecule has 1 aromatic heterocycles. The summed E-state index contributed by atoms with van der Waals surface area (Å²) in [5.41, 5.74) is 1.79. The molecule has 0 radical (unpaired) electrons. The highest BCUT2D eigenvalue weighted by atomic mass is 16.3. The van der Waals surface area contributed by atoms with E-state index in [4.69, 9.17) is 9.52 Å². The second-order valence-corrected chi connectivity index (χ2v) is 4.41. The summed E-state index contributed by atoms with van der Waals surface area (Å²) in [7, 11) is 0. The van der Waals surface area contributed by atoms with Crippen molar-refractivity contribution in [1.82, 2.24) is 5.32 Å². The molecule has 1 unspecified atom stereocenters. The highest BCUT2D eigenvalue weighted by Gasteiger charge is 2.15. The SMILES string of the molecule is CCC(CO)NC(=O)c1cc2ccc(C)cc2o1. The van der Waals surface area contributed by atoms with Gasteiger partial charge in [0.1, 0.15) is 5.58 Å². The molecule has 1 heterocycles. The lowest BCUT2D eigenvalue weighted by Crippen LogP contribution is -2.36. The van der Waals surface area contributed by atoms with Crippen LogP contribution in [0.2, 0.25) is 0 Å². The monoisotopic (exact) mass is 247 g/mol. The molecule has 96 valence electrons. The Hall–Kier alpha value is -1.81. The predicted octanol–water partition coefficient (Wildman–Crippen LogP) is 2.24. The van der Waals surface area contributed by atoms with Crippen LogP contribution in [0.4, 0.5) is 0 Å². The number of aliphatic hydroxyl groups is 1. The fraction of sp³-hybridized carbons (Fsp3) is 0.357. The van der Waals surface area contributed by atoms with Crippen LogP contribution in [0.15, 0.2) is 28.7 Å². The maximum absolute atomic E-state index is 11.9. The molecule has 0 aliphatic carbocycles. The van der Waals surface area contributed by atoms with Crippen LogP contribution in [-0.4, -0.2) is 23.7 Å². The Labute approximate surface area is 106 Å². The second-order valence-electron chi connectivity index (χ2n) is 4.41. The molecule has 0 bridgehead atoms. The average Bonchev–Trinajstić information content (AvgIpc) is 2.78. The van der Waals surface area contributed by atoms with Crippen LogP contribution < -0.4 is 5.32 Å². The zero-order chi connectivity index (χ0) is 13.1. The molecule has 1 atom stereocenters. The minimum Gasteiger partial charge on any atom is -0.451 e. The van der Waals surface area contributed by atoms with Gasteiger partial charge in [0.2, 0.25) is 0 Å². The van der Waals surface area contributed by atoms with Crippen molar-refractivity contribution in [3.05, 3.63) is 35.6 Å². The van der Waals surface area contributed by atoms with Gasteiger partial charge in [-0.3, -0.25) is 4.79 Å². The van der Waals surface area contributed by atoms with E-state index >= 15 is 0 Å². The van der Waals surface area contributed by atoms with Gasteiger partial charge in [0, 0.05) is 5.39 Å². The number of furan rings is 1. The number of fused-ring (bicyclic) bond motifs is 1. The van der Waals surface area contributed by atoms with E-state index in [1.165, 1.54) is 0 Å². The first-order valence-electron chi connectivity index (χ1n) is 6.06. The molecule has 1 aromatic carbocycles. The maximum Gasteiger partial charge on any atom is 0.287 e. The van der Waals surface area contributed by atoms with Gasteiger partial charge in [0.25, 0.3) is 5.91 Å². The lowest BCUT2D eigenvalue weighted by Gasteiger charge is -2.12. The fourth-order valence-electron chi connectivity index (χ4n) is 1.78. The molecular formula is C14H17NO3. The zero-order valence-electron chi connectivity index (χ0n) is 10.6. The molecule has 2 rings (SSSR count). The second kappa shape index (κ2) is 5.23. The Morgan fingerprint density at radius 2 is 2.22 bits per heavy atom. The largest absolute Gasteiger partial charge is 0.451 e. The van der Waals surface area contributed by atoms with E-state index in [2.05, 4.69) is 5.32 Å². The van der Waals surface area contributed by atoms with Gasteiger partial charge >= 0.3 is 0 Å². The number of rotatable bonds is 4. The molecule has 18 heavy (non-hydrogen) atoms. The molecule has 0 aliphatic rings. The lowest BCUT2D eigenvalue weighted by atomic mass is 10.2. The molecule has 2 aromatic rings. The first-order valence-corrected chi connectivity index (χ1v) is 6.06. The van der Waals surface area contributed by atoms with Gasteiger partial charge in [-0.25, -0.2) is 0 Å². The summed E-state index contributed by atoms with van der Waals surface area (Å²) in [6.45, 7) is 3.81. The Morgan fingerprint density at radius 3 is 2.89 bits per heavy atom. The number of amides is 1. The van der Waals surface area contributed by atoms with Gasteiger partial charge in [-0.2, -0.15) is 0 Å². The number of carbonyl (C=O) groups is 1. The number of aliphatic hydroxyl groups excluding tert-OH is 1. The molecule has 0 aliphatic heterocycles. The van der Waals surface area contributed by atoms with E-state index in [0.717, 1.165) is 10.9 Å². The quantitative estimate of drug-likeness (QED) is 0.871. The Bertz CT molecular complexity index is 555. The van der Waals surface area contributed by atoms with E-state index < -0.39 is 0 Å². The van der Waals surface area contributed by atoms with Crippen LogP contribution in [0.25, 0.3) is 11.0 Å². The van der Waals surface area contributed by atoms with Gasteiger partial charge < -0.3 is 14.8 Å². The van der Waals surface area contributed by atoms with Crippen LogP contribution in [0, 0.1) is 6.92 Å². The van der Waals surface area contributed by atoms with Gasteiger partial charge in [0.15, 0.2) is 5.76 Å². The molecule has 4 nitrogen and oxygen atoms in total. The highest BCUT2D eigenvalue weighted by Crippen LogP contribution is 2.20. The van der Waals surface area contributed by atoms with Crippen molar-refractivity contribution < 1.29 is 14.3 Å². The highest BCUT2D eigenvalue weighted by molar-refractivity contribution is 5.96. The van der Waals surface area contributed by atoms with Crippen LogP contribution in [0.3, 0.4) is 0 Å². The number of aryl methyl sites for hydroxylation is 1. The third kappa shape index (κ3) is 2.54. The standard InChI is InChI=1S/C14H17NO3/c1-3-11(8-16)15-14(17)13-7-10-5-4-9(2)6-12(10)18-13/h4-7,11,16H,3,8H2,1-2H3,(H,15,17). The predicted molar refractivity (Wildman–Crippen MR) is 69.6 cm³/mol. The van der Waals surface area contributed by atoms with Crippen molar-refractivity contribution in [1.29, 1.82) is 0 Å². The van der Waals surface area contributed by atoms with Crippen LogP contribution in [0.5, 0.6) is 0 Å². The summed E-state index contributed by atoms with van der Waals surface area (Å²) >= 11 is 0. The fourth-order valence-corrected chi connectivity index (χ4v) is 1.78. The van der Waals surface area contributed by atoms with Crippen molar-refractivity contribution in [3.63, 3.8) is 0 Å². The van der Waals surface area contributed by atoms with Gasteiger partial charge in [-0.15, -0.1) is 0 Å². The normalized spacial score (nSPS) is 12.6. The van der Waals surface area contributed by atoms with Crippen molar-refractivity contribution in [2.45, 2.75) is 26.3 Å². The zero-order valence-corrected chi connectivity index (χ0v) is 10.6.